The number of amides is 2. The summed E-state index contributed by atoms with van der Waals surface area (Å²) in [7, 11) is 0. The molecular formula is C17H22N2O3S. The second-order valence-corrected chi connectivity index (χ2v) is 6.21. The molecule has 1 aromatic heterocycles. The van der Waals surface area contributed by atoms with Crippen molar-refractivity contribution in [3.8, 4) is 0 Å². The van der Waals surface area contributed by atoms with Crippen LogP contribution in [0.3, 0.4) is 0 Å². The van der Waals surface area contributed by atoms with E-state index in [-0.39, 0.29) is 25.3 Å². The van der Waals surface area contributed by atoms with E-state index in [0.29, 0.717) is 6.54 Å². The Balaban J connectivity index is 1.89. The molecule has 0 saturated carbocycles. The average molecular weight is 334 g/mol. The van der Waals surface area contributed by atoms with E-state index in [1.807, 2.05) is 49.6 Å². The highest BCUT2D eigenvalue weighted by atomic mass is 32.1. The Labute approximate surface area is 140 Å². The lowest BCUT2D eigenvalue weighted by atomic mass is 10.1. The van der Waals surface area contributed by atoms with Gasteiger partial charge in [0.25, 0.3) is 0 Å². The first-order chi connectivity index (χ1) is 11.1. The van der Waals surface area contributed by atoms with Crippen LogP contribution in [-0.4, -0.2) is 30.9 Å². The Morgan fingerprint density at radius 3 is 2.78 bits per heavy atom. The van der Waals surface area contributed by atoms with Crippen molar-refractivity contribution in [2.45, 2.75) is 20.0 Å². The highest BCUT2D eigenvalue weighted by Gasteiger charge is 2.14. The second kappa shape index (κ2) is 8.67. The molecule has 0 aliphatic rings. The smallest absolute Gasteiger partial charge is 0.319 e. The number of aliphatic hydroxyl groups excluding tert-OH is 1. The third-order valence-electron chi connectivity index (χ3n) is 3.48. The first-order valence-corrected chi connectivity index (χ1v) is 8.36. The molecule has 0 saturated heterocycles. The summed E-state index contributed by atoms with van der Waals surface area (Å²) < 4.78 is 5.59. The first kappa shape index (κ1) is 17.5. The molecule has 6 heteroatoms. The van der Waals surface area contributed by atoms with Crippen LogP contribution in [0.25, 0.3) is 0 Å². The van der Waals surface area contributed by atoms with Crippen molar-refractivity contribution in [2.24, 2.45) is 0 Å². The van der Waals surface area contributed by atoms with Gasteiger partial charge in [-0.1, -0.05) is 12.1 Å². The van der Waals surface area contributed by atoms with Gasteiger partial charge < -0.3 is 20.5 Å². The molecule has 1 aromatic carbocycles. The Kier molecular flexibility index (Phi) is 6.58. The maximum atomic E-state index is 12.0. The Morgan fingerprint density at radius 1 is 1.30 bits per heavy atom. The van der Waals surface area contributed by atoms with Crippen molar-refractivity contribution in [1.82, 2.24) is 5.32 Å². The number of carbonyl (C=O) groups is 1. The normalized spacial score (nSPS) is 12.0. The molecule has 23 heavy (non-hydrogen) atoms. The second-order valence-electron chi connectivity index (χ2n) is 5.23. The number of aliphatic hydroxyl groups is 1. The lowest BCUT2D eigenvalue weighted by Gasteiger charge is -2.17. The van der Waals surface area contributed by atoms with Gasteiger partial charge >= 0.3 is 6.03 Å². The quantitative estimate of drug-likeness (QED) is 0.728. The Morgan fingerprint density at radius 2 is 2.13 bits per heavy atom. The molecule has 0 spiro atoms. The molecule has 0 unspecified atom stereocenters. The molecule has 0 aliphatic carbocycles. The molecule has 5 nitrogen and oxygen atoms in total. The standard InChI is InChI=1S/C17H22N2O3S/c1-12-5-6-14(10-13(12)2)19-17(21)18-11-15(22-8-7-20)16-4-3-9-23-16/h3-6,9-10,15,20H,7-8,11H2,1-2H3,(H2,18,19,21)/t15-/m1/s1. The van der Waals surface area contributed by atoms with E-state index in [2.05, 4.69) is 10.6 Å². The molecule has 0 bridgehead atoms. The summed E-state index contributed by atoms with van der Waals surface area (Å²) in [4.78, 5) is 13.1. The number of rotatable bonds is 7. The molecule has 0 aliphatic heterocycles. The van der Waals surface area contributed by atoms with Gasteiger partial charge in [0.1, 0.15) is 6.10 Å². The maximum Gasteiger partial charge on any atom is 0.319 e. The SMILES string of the molecule is Cc1ccc(NC(=O)NC[C@@H](OCCO)c2cccs2)cc1C. The number of aryl methyl sites for hydroxylation is 2. The summed E-state index contributed by atoms with van der Waals surface area (Å²) >= 11 is 1.56. The van der Waals surface area contributed by atoms with Crippen LogP contribution in [0.15, 0.2) is 35.7 Å². The van der Waals surface area contributed by atoms with Crippen molar-refractivity contribution in [1.29, 1.82) is 0 Å². The third kappa shape index (κ3) is 5.35. The van der Waals surface area contributed by atoms with Gasteiger partial charge in [-0.25, -0.2) is 4.79 Å². The van der Waals surface area contributed by atoms with E-state index in [1.165, 1.54) is 5.56 Å². The van der Waals surface area contributed by atoms with Crippen molar-refractivity contribution < 1.29 is 14.6 Å². The van der Waals surface area contributed by atoms with Crippen molar-refractivity contribution in [3.05, 3.63) is 51.7 Å². The van der Waals surface area contributed by atoms with Gasteiger partial charge in [-0.15, -0.1) is 11.3 Å². The van der Waals surface area contributed by atoms with Crippen LogP contribution in [0, 0.1) is 13.8 Å². The van der Waals surface area contributed by atoms with Crippen LogP contribution in [0.4, 0.5) is 10.5 Å². The predicted molar refractivity (Wildman–Crippen MR) is 93.0 cm³/mol. The zero-order valence-electron chi connectivity index (χ0n) is 13.3. The topological polar surface area (TPSA) is 70.6 Å². The monoisotopic (exact) mass is 334 g/mol. The van der Waals surface area contributed by atoms with Crippen LogP contribution in [0.2, 0.25) is 0 Å². The fourth-order valence-electron chi connectivity index (χ4n) is 2.09. The van der Waals surface area contributed by atoms with E-state index >= 15 is 0 Å². The summed E-state index contributed by atoms with van der Waals surface area (Å²) in [5.74, 6) is 0. The highest BCUT2D eigenvalue weighted by molar-refractivity contribution is 7.10. The molecule has 1 heterocycles. The van der Waals surface area contributed by atoms with E-state index in [4.69, 9.17) is 9.84 Å². The molecule has 0 radical (unpaired) electrons. The third-order valence-corrected chi connectivity index (χ3v) is 4.45. The van der Waals surface area contributed by atoms with E-state index in [9.17, 15) is 4.79 Å². The zero-order valence-corrected chi connectivity index (χ0v) is 14.2. The highest BCUT2D eigenvalue weighted by Crippen LogP contribution is 2.22. The van der Waals surface area contributed by atoms with Gasteiger partial charge in [-0.2, -0.15) is 0 Å². The lowest BCUT2D eigenvalue weighted by Crippen LogP contribution is -2.33. The molecule has 2 aromatic rings. The van der Waals surface area contributed by atoms with Gasteiger partial charge in [0, 0.05) is 10.6 Å². The lowest BCUT2D eigenvalue weighted by molar-refractivity contribution is 0.0316. The fourth-order valence-corrected chi connectivity index (χ4v) is 2.87. The van der Waals surface area contributed by atoms with Gasteiger partial charge in [-0.05, 0) is 48.6 Å². The predicted octanol–water partition coefficient (Wildman–Crippen LogP) is 3.24. The number of nitrogens with one attached hydrogen (secondary N) is 2. The van der Waals surface area contributed by atoms with Gasteiger partial charge in [0.05, 0.1) is 19.8 Å². The van der Waals surface area contributed by atoms with Crippen molar-refractivity contribution >= 4 is 23.1 Å². The Bertz CT molecular complexity index is 629. The number of benzene rings is 1. The van der Waals surface area contributed by atoms with E-state index < -0.39 is 0 Å². The number of hydrogen-bond acceptors (Lipinski definition) is 4. The van der Waals surface area contributed by atoms with Crippen LogP contribution in [0.1, 0.15) is 22.1 Å². The van der Waals surface area contributed by atoms with E-state index in [1.54, 1.807) is 11.3 Å². The molecule has 2 rings (SSSR count). The van der Waals surface area contributed by atoms with Crippen LogP contribution in [0.5, 0.6) is 0 Å². The summed E-state index contributed by atoms with van der Waals surface area (Å²) in [6.45, 7) is 4.58. The average Bonchev–Trinajstić information content (AvgIpc) is 3.05. The van der Waals surface area contributed by atoms with Crippen molar-refractivity contribution in [3.63, 3.8) is 0 Å². The number of anilines is 1. The molecule has 1 atom stereocenters. The minimum absolute atomic E-state index is 0.0449. The summed E-state index contributed by atoms with van der Waals surface area (Å²) in [6, 6.07) is 9.40. The molecule has 3 N–H and O–H groups in total. The van der Waals surface area contributed by atoms with Crippen LogP contribution >= 0.6 is 11.3 Å². The first-order valence-electron chi connectivity index (χ1n) is 7.48. The summed E-state index contributed by atoms with van der Waals surface area (Å²) in [5, 5.41) is 16.5. The number of hydrogen-bond donors (Lipinski definition) is 3. The summed E-state index contributed by atoms with van der Waals surface area (Å²) in [5.41, 5.74) is 3.08. The fraction of sp³-hybridized carbons (Fsp3) is 0.353. The number of ether oxygens (including phenoxy) is 1. The largest absolute Gasteiger partial charge is 0.394 e. The molecule has 0 fully saturated rings. The van der Waals surface area contributed by atoms with Crippen LogP contribution in [-0.2, 0) is 4.74 Å². The molecule has 2 amide bonds. The molecular weight excluding hydrogens is 312 g/mol. The Hall–Kier alpha value is -1.89. The van der Waals surface area contributed by atoms with Gasteiger partial charge in [0.15, 0.2) is 0 Å². The molecule has 124 valence electrons. The summed E-state index contributed by atoms with van der Waals surface area (Å²) in [6.07, 6.45) is -0.257. The van der Waals surface area contributed by atoms with Gasteiger partial charge in [0.2, 0.25) is 0 Å². The van der Waals surface area contributed by atoms with Gasteiger partial charge in [-0.3, -0.25) is 0 Å². The number of urea groups is 1. The minimum atomic E-state index is -0.276. The number of thiophene rings is 1. The van der Waals surface area contributed by atoms with E-state index in [0.717, 1.165) is 16.1 Å². The van der Waals surface area contributed by atoms with Crippen molar-refractivity contribution in [2.75, 3.05) is 25.1 Å². The minimum Gasteiger partial charge on any atom is -0.394 e. The maximum absolute atomic E-state index is 12.0. The zero-order chi connectivity index (χ0) is 16.7. The van der Waals surface area contributed by atoms with Crippen LogP contribution < -0.4 is 10.6 Å². The number of carbonyl (C=O) groups excluding carboxylic acids is 1.